The fourth-order valence-corrected chi connectivity index (χ4v) is 3.13. The Labute approximate surface area is 144 Å². The third-order valence-electron chi connectivity index (χ3n) is 3.68. The largest absolute Gasteiger partial charge is 0.469 e. The van der Waals surface area contributed by atoms with Gasteiger partial charge in [-0.15, -0.1) is 5.10 Å². The highest BCUT2D eigenvalue weighted by Crippen LogP contribution is 2.20. The molecule has 24 heavy (non-hydrogen) atoms. The van der Waals surface area contributed by atoms with E-state index in [1.54, 1.807) is 0 Å². The lowest BCUT2D eigenvalue weighted by molar-refractivity contribution is -0.140. The molecule has 0 aliphatic heterocycles. The number of aryl methyl sites for hydroxylation is 1. The summed E-state index contributed by atoms with van der Waals surface area (Å²) < 4.78 is 6.69. The third kappa shape index (κ3) is 4.38. The SMILES string of the molecule is COC(=O)CCCn1c(C)cc(C(=O)CSc2n[nH]c(N)n2)c1C. The molecule has 2 aromatic heterocycles. The number of thioether (sulfide) groups is 1. The summed E-state index contributed by atoms with van der Waals surface area (Å²) in [6.07, 6.45) is 1.03. The number of aromatic amines is 1. The summed E-state index contributed by atoms with van der Waals surface area (Å²) in [4.78, 5) is 27.6. The number of nitrogens with one attached hydrogen (secondary N) is 1. The van der Waals surface area contributed by atoms with Crippen molar-refractivity contribution in [1.82, 2.24) is 19.7 Å². The number of Topliss-reactive ketones (excluding diaryl/α,β-unsaturated/α-hetero) is 1. The molecule has 0 amide bonds. The summed E-state index contributed by atoms with van der Waals surface area (Å²) >= 11 is 1.24. The summed E-state index contributed by atoms with van der Waals surface area (Å²) in [5.74, 6) is 0.254. The van der Waals surface area contributed by atoms with Crippen LogP contribution in [0.4, 0.5) is 5.95 Å². The summed E-state index contributed by atoms with van der Waals surface area (Å²) in [5, 5.41) is 6.88. The van der Waals surface area contributed by atoms with Crippen molar-refractivity contribution < 1.29 is 14.3 Å². The zero-order valence-electron chi connectivity index (χ0n) is 14.0. The van der Waals surface area contributed by atoms with E-state index in [0.29, 0.717) is 30.1 Å². The second-order valence-electron chi connectivity index (χ2n) is 5.33. The summed E-state index contributed by atoms with van der Waals surface area (Å²) in [6, 6.07) is 1.88. The Morgan fingerprint density at radius 2 is 2.17 bits per heavy atom. The predicted octanol–water partition coefficient (Wildman–Crippen LogP) is 1.73. The van der Waals surface area contributed by atoms with Crippen LogP contribution in [-0.4, -0.2) is 44.4 Å². The highest BCUT2D eigenvalue weighted by atomic mass is 32.2. The van der Waals surface area contributed by atoms with Gasteiger partial charge < -0.3 is 15.0 Å². The van der Waals surface area contributed by atoms with E-state index in [9.17, 15) is 9.59 Å². The number of anilines is 1. The number of ether oxygens (including phenoxy) is 1. The number of rotatable bonds is 8. The van der Waals surface area contributed by atoms with Gasteiger partial charge in [0.2, 0.25) is 11.1 Å². The summed E-state index contributed by atoms with van der Waals surface area (Å²) in [5.41, 5.74) is 8.03. The Morgan fingerprint density at radius 3 is 2.79 bits per heavy atom. The number of carbonyl (C=O) groups is 2. The quantitative estimate of drug-likeness (QED) is 0.423. The van der Waals surface area contributed by atoms with Crippen LogP contribution >= 0.6 is 11.8 Å². The van der Waals surface area contributed by atoms with E-state index in [4.69, 9.17) is 5.73 Å². The monoisotopic (exact) mass is 351 g/mol. The van der Waals surface area contributed by atoms with Gasteiger partial charge in [0.1, 0.15) is 0 Å². The Balaban J connectivity index is 1.98. The Kier molecular flexibility index (Phi) is 6.02. The molecule has 0 radical (unpaired) electrons. The zero-order chi connectivity index (χ0) is 17.7. The molecule has 0 spiro atoms. The number of nitrogen functional groups attached to an aromatic ring is 1. The van der Waals surface area contributed by atoms with Gasteiger partial charge in [-0.3, -0.25) is 9.59 Å². The first kappa shape index (κ1) is 18.1. The number of H-pyrrole nitrogens is 1. The highest BCUT2D eigenvalue weighted by molar-refractivity contribution is 7.99. The maximum Gasteiger partial charge on any atom is 0.305 e. The smallest absolute Gasteiger partial charge is 0.305 e. The predicted molar refractivity (Wildman–Crippen MR) is 91.0 cm³/mol. The summed E-state index contributed by atoms with van der Waals surface area (Å²) in [6.45, 7) is 4.53. The molecule has 9 heteroatoms. The van der Waals surface area contributed by atoms with E-state index in [0.717, 1.165) is 11.4 Å². The van der Waals surface area contributed by atoms with E-state index in [-0.39, 0.29) is 23.5 Å². The molecule has 130 valence electrons. The van der Waals surface area contributed by atoms with Gasteiger partial charge in [0, 0.05) is 29.9 Å². The third-order valence-corrected chi connectivity index (χ3v) is 4.53. The molecule has 0 aromatic carbocycles. The van der Waals surface area contributed by atoms with Gasteiger partial charge in [-0.2, -0.15) is 4.98 Å². The van der Waals surface area contributed by atoms with E-state index in [2.05, 4.69) is 19.9 Å². The lowest BCUT2D eigenvalue weighted by Crippen LogP contribution is -2.08. The average Bonchev–Trinajstić information content (AvgIpc) is 3.09. The Morgan fingerprint density at radius 1 is 1.42 bits per heavy atom. The van der Waals surface area contributed by atoms with Crippen molar-refractivity contribution in [1.29, 1.82) is 0 Å². The van der Waals surface area contributed by atoms with Crippen molar-refractivity contribution in [2.24, 2.45) is 0 Å². The van der Waals surface area contributed by atoms with E-state index < -0.39 is 0 Å². The zero-order valence-corrected chi connectivity index (χ0v) is 14.8. The van der Waals surface area contributed by atoms with Crippen LogP contribution < -0.4 is 5.73 Å². The number of methoxy groups -OCH3 is 1. The molecule has 2 heterocycles. The molecular formula is C15H21N5O3S. The van der Waals surface area contributed by atoms with E-state index >= 15 is 0 Å². The van der Waals surface area contributed by atoms with Crippen molar-refractivity contribution in [3.05, 3.63) is 23.0 Å². The molecule has 0 aliphatic carbocycles. The van der Waals surface area contributed by atoms with E-state index in [1.165, 1.54) is 18.9 Å². The Hall–Kier alpha value is -2.29. The number of esters is 1. The van der Waals surface area contributed by atoms with Crippen LogP contribution in [-0.2, 0) is 16.1 Å². The van der Waals surface area contributed by atoms with Crippen LogP contribution in [0.15, 0.2) is 11.2 Å². The van der Waals surface area contributed by atoms with Gasteiger partial charge in [0.15, 0.2) is 5.78 Å². The molecule has 0 aliphatic rings. The molecule has 3 N–H and O–H groups in total. The standard InChI is InChI=1S/C15H21N5O3S/c1-9-7-11(10(2)20(9)6-4-5-13(22)23-3)12(21)8-24-15-17-14(16)18-19-15/h7H,4-6,8H2,1-3H3,(H3,16,17,18,19). The molecule has 0 unspecified atom stereocenters. The second kappa shape index (κ2) is 8.00. The van der Waals surface area contributed by atoms with Crippen LogP contribution in [0.3, 0.4) is 0 Å². The maximum atomic E-state index is 12.4. The molecule has 0 fully saturated rings. The molecule has 0 atom stereocenters. The normalized spacial score (nSPS) is 10.8. The molecule has 2 aromatic rings. The summed E-state index contributed by atoms with van der Waals surface area (Å²) in [7, 11) is 1.38. The lowest BCUT2D eigenvalue weighted by atomic mass is 10.2. The van der Waals surface area contributed by atoms with Gasteiger partial charge >= 0.3 is 5.97 Å². The molecular weight excluding hydrogens is 330 g/mol. The minimum absolute atomic E-state index is 0.00990. The van der Waals surface area contributed by atoms with Crippen LogP contribution in [0.25, 0.3) is 0 Å². The minimum Gasteiger partial charge on any atom is -0.469 e. The van der Waals surface area contributed by atoms with Crippen LogP contribution in [0.5, 0.6) is 0 Å². The van der Waals surface area contributed by atoms with Crippen LogP contribution in [0.2, 0.25) is 0 Å². The van der Waals surface area contributed by atoms with E-state index in [1.807, 2.05) is 24.5 Å². The van der Waals surface area contributed by atoms with Gasteiger partial charge in [-0.05, 0) is 26.3 Å². The Bertz CT molecular complexity index is 738. The lowest BCUT2D eigenvalue weighted by Gasteiger charge is -2.09. The van der Waals surface area contributed by atoms with Gasteiger partial charge in [-0.25, -0.2) is 5.10 Å². The van der Waals surface area contributed by atoms with Gasteiger partial charge in [0.05, 0.1) is 12.9 Å². The van der Waals surface area contributed by atoms with Crippen molar-refractivity contribution in [2.75, 3.05) is 18.6 Å². The molecule has 0 saturated heterocycles. The number of nitrogens with two attached hydrogens (primary N) is 1. The number of carbonyl (C=O) groups excluding carboxylic acids is 2. The van der Waals surface area contributed by atoms with Gasteiger partial charge in [-0.1, -0.05) is 11.8 Å². The number of ketones is 1. The van der Waals surface area contributed by atoms with Gasteiger partial charge in [0.25, 0.3) is 0 Å². The average molecular weight is 351 g/mol. The number of hydrogen-bond acceptors (Lipinski definition) is 7. The first-order chi connectivity index (χ1) is 11.4. The fourth-order valence-electron chi connectivity index (χ4n) is 2.44. The first-order valence-electron chi connectivity index (χ1n) is 7.49. The molecule has 0 bridgehead atoms. The fraction of sp³-hybridized carbons (Fsp3) is 0.467. The highest BCUT2D eigenvalue weighted by Gasteiger charge is 2.17. The topological polar surface area (TPSA) is 116 Å². The molecule has 2 rings (SSSR count). The van der Waals surface area contributed by atoms with Crippen molar-refractivity contribution in [3.8, 4) is 0 Å². The first-order valence-corrected chi connectivity index (χ1v) is 8.48. The maximum absolute atomic E-state index is 12.4. The van der Waals surface area contributed by atoms with Crippen molar-refractivity contribution in [2.45, 2.75) is 38.4 Å². The van der Waals surface area contributed by atoms with Crippen LogP contribution in [0, 0.1) is 13.8 Å². The van der Waals surface area contributed by atoms with Crippen molar-refractivity contribution in [3.63, 3.8) is 0 Å². The number of aromatic nitrogens is 4. The second-order valence-corrected chi connectivity index (χ2v) is 6.27. The minimum atomic E-state index is -0.226. The molecule has 0 saturated carbocycles. The number of nitrogens with zero attached hydrogens (tertiary/aromatic N) is 3. The van der Waals surface area contributed by atoms with Crippen LogP contribution in [0.1, 0.15) is 34.6 Å². The molecule has 8 nitrogen and oxygen atoms in total. The number of hydrogen-bond donors (Lipinski definition) is 2. The van der Waals surface area contributed by atoms with Crippen molar-refractivity contribution >= 4 is 29.5 Å².